The number of ketones is 1. The summed E-state index contributed by atoms with van der Waals surface area (Å²) in [5.74, 6) is 0.728. The summed E-state index contributed by atoms with van der Waals surface area (Å²) in [5.41, 5.74) is 0. The minimum atomic E-state index is 0.322. The van der Waals surface area contributed by atoms with Crippen molar-refractivity contribution in [2.45, 2.75) is 46.0 Å². The van der Waals surface area contributed by atoms with Crippen molar-refractivity contribution in [1.29, 1.82) is 0 Å². The molecule has 0 radical (unpaired) electrons. The predicted molar refractivity (Wildman–Crippen MR) is 67.5 cm³/mol. The maximum atomic E-state index is 10.7. The number of benzene rings is 1. The molecule has 0 fully saturated rings. The Labute approximate surface area is 98.3 Å². The lowest BCUT2D eigenvalue weighted by atomic mass is 10.1. The van der Waals surface area contributed by atoms with E-state index in [0.717, 1.165) is 12.8 Å². The number of rotatable bonds is 5. The summed E-state index contributed by atoms with van der Waals surface area (Å²) >= 11 is 0. The molecule has 0 aliphatic rings. The van der Waals surface area contributed by atoms with Crippen molar-refractivity contribution in [2.24, 2.45) is 0 Å². The standard InChI is InChI=1S/C8H16O.C6H6O/c1-3-5-6-7-8(9)4-2;7-6-4-2-1-3-5-6/h3-7H2,1-2H3;1-5,7H. The van der Waals surface area contributed by atoms with Crippen LogP contribution in [0.2, 0.25) is 0 Å². The van der Waals surface area contributed by atoms with Crippen LogP contribution in [0.3, 0.4) is 0 Å². The molecular weight excluding hydrogens is 200 g/mol. The van der Waals surface area contributed by atoms with Crippen LogP contribution in [-0.2, 0) is 4.79 Å². The fourth-order valence-electron chi connectivity index (χ4n) is 1.18. The Morgan fingerprint density at radius 2 is 1.75 bits per heavy atom. The molecule has 0 aromatic heterocycles. The summed E-state index contributed by atoms with van der Waals surface area (Å²) in [7, 11) is 0. The normalized spacial score (nSPS) is 9.12. The zero-order valence-electron chi connectivity index (χ0n) is 10.3. The van der Waals surface area contributed by atoms with E-state index in [1.54, 1.807) is 24.3 Å². The van der Waals surface area contributed by atoms with E-state index in [0.29, 0.717) is 18.0 Å². The molecular formula is C14H22O2. The molecule has 90 valence electrons. The molecule has 0 aliphatic carbocycles. The number of carbonyl (C=O) groups excluding carboxylic acids is 1. The Hall–Kier alpha value is -1.31. The zero-order valence-corrected chi connectivity index (χ0v) is 10.3. The van der Waals surface area contributed by atoms with Gasteiger partial charge < -0.3 is 5.11 Å². The Morgan fingerprint density at radius 3 is 2.12 bits per heavy atom. The highest BCUT2D eigenvalue weighted by atomic mass is 16.3. The van der Waals surface area contributed by atoms with E-state index >= 15 is 0 Å². The highest BCUT2D eigenvalue weighted by Crippen LogP contribution is 2.02. The molecule has 0 amide bonds. The van der Waals surface area contributed by atoms with Gasteiger partial charge in [-0.1, -0.05) is 44.9 Å². The molecule has 16 heavy (non-hydrogen) atoms. The lowest BCUT2D eigenvalue weighted by molar-refractivity contribution is -0.118. The quantitative estimate of drug-likeness (QED) is 0.766. The highest BCUT2D eigenvalue weighted by Gasteiger charge is 1.95. The maximum absolute atomic E-state index is 10.7. The van der Waals surface area contributed by atoms with Crippen LogP contribution in [-0.4, -0.2) is 10.9 Å². The Kier molecular flexibility index (Phi) is 9.38. The van der Waals surface area contributed by atoms with E-state index < -0.39 is 0 Å². The van der Waals surface area contributed by atoms with Gasteiger partial charge in [0.2, 0.25) is 0 Å². The average Bonchev–Trinajstić information content (AvgIpc) is 2.31. The topological polar surface area (TPSA) is 37.3 Å². The average molecular weight is 222 g/mol. The fourth-order valence-corrected chi connectivity index (χ4v) is 1.18. The van der Waals surface area contributed by atoms with Gasteiger partial charge in [-0.05, 0) is 18.6 Å². The van der Waals surface area contributed by atoms with Crippen LogP contribution in [0.15, 0.2) is 30.3 Å². The Morgan fingerprint density at radius 1 is 1.12 bits per heavy atom. The first kappa shape index (κ1) is 14.7. The number of phenolic OH excluding ortho intramolecular Hbond substituents is 1. The predicted octanol–water partition coefficient (Wildman–Crippen LogP) is 3.94. The van der Waals surface area contributed by atoms with Crippen LogP contribution in [0, 0.1) is 0 Å². The van der Waals surface area contributed by atoms with Crippen molar-refractivity contribution >= 4 is 5.78 Å². The van der Waals surface area contributed by atoms with Crippen molar-refractivity contribution in [2.75, 3.05) is 0 Å². The summed E-state index contributed by atoms with van der Waals surface area (Å²) in [6.45, 7) is 4.07. The van der Waals surface area contributed by atoms with Gasteiger partial charge in [-0.25, -0.2) is 0 Å². The molecule has 0 unspecified atom stereocenters. The maximum Gasteiger partial charge on any atom is 0.132 e. The third-order valence-corrected chi connectivity index (χ3v) is 2.21. The van der Waals surface area contributed by atoms with Crippen molar-refractivity contribution in [1.82, 2.24) is 0 Å². The van der Waals surface area contributed by atoms with E-state index in [4.69, 9.17) is 5.11 Å². The number of carbonyl (C=O) groups is 1. The van der Waals surface area contributed by atoms with Crippen LogP contribution in [0.5, 0.6) is 5.75 Å². The lowest BCUT2D eigenvalue weighted by Gasteiger charge is -1.93. The van der Waals surface area contributed by atoms with Gasteiger partial charge in [-0.2, -0.15) is 0 Å². The number of unbranched alkanes of at least 4 members (excludes halogenated alkanes) is 2. The van der Waals surface area contributed by atoms with E-state index in [2.05, 4.69) is 6.92 Å². The summed E-state index contributed by atoms with van der Waals surface area (Å²) < 4.78 is 0. The SMILES string of the molecule is CCCCCC(=O)CC.Oc1ccccc1. The van der Waals surface area contributed by atoms with E-state index in [9.17, 15) is 4.79 Å². The molecule has 0 bridgehead atoms. The molecule has 1 aromatic rings. The molecule has 2 heteroatoms. The Balaban J connectivity index is 0.000000288. The van der Waals surface area contributed by atoms with Crippen molar-refractivity contribution < 1.29 is 9.90 Å². The molecule has 1 aromatic carbocycles. The van der Waals surface area contributed by atoms with Gasteiger partial charge in [-0.3, -0.25) is 4.79 Å². The minimum absolute atomic E-state index is 0.322. The number of hydrogen-bond acceptors (Lipinski definition) is 2. The first-order valence-corrected chi connectivity index (χ1v) is 5.96. The fraction of sp³-hybridized carbons (Fsp3) is 0.500. The first-order valence-electron chi connectivity index (χ1n) is 5.96. The van der Waals surface area contributed by atoms with Crippen LogP contribution in [0.25, 0.3) is 0 Å². The molecule has 1 N–H and O–H groups in total. The molecule has 0 saturated heterocycles. The van der Waals surface area contributed by atoms with E-state index in [-0.39, 0.29) is 0 Å². The van der Waals surface area contributed by atoms with Crippen LogP contribution in [0.1, 0.15) is 46.0 Å². The molecule has 0 aliphatic heterocycles. The summed E-state index contributed by atoms with van der Waals surface area (Å²) in [4.78, 5) is 10.7. The van der Waals surface area contributed by atoms with Gasteiger partial charge in [0, 0.05) is 12.8 Å². The molecule has 0 atom stereocenters. The molecule has 0 saturated carbocycles. The van der Waals surface area contributed by atoms with Crippen LogP contribution < -0.4 is 0 Å². The number of Topliss-reactive ketones (excluding diaryl/α,β-unsaturated/α-hetero) is 1. The summed E-state index contributed by atoms with van der Waals surface area (Å²) in [5, 5.41) is 8.63. The minimum Gasteiger partial charge on any atom is -0.508 e. The van der Waals surface area contributed by atoms with Gasteiger partial charge >= 0.3 is 0 Å². The Bertz CT molecular complexity index is 267. The second-order valence-corrected chi connectivity index (χ2v) is 3.68. The number of para-hydroxylation sites is 1. The lowest BCUT2D eigenvalue weighted by Crippen LogP contribution is -1.93. The number of hydrogen-bond donors (Lipinski definition) is 1. The van der Waals surface area contributed by atoms with Crippen LogP contribution >= 0.6 is 0 Å². The largest absolute Gasteiger partial charge is 0.508 e. The van der Waals surface area contributed by atoms with Gasteiger partial charge in [0.1, 0.15) is 11.5 Å². The second-order valence-electron chi connectivity index (χ2n) is 3.68. The van der Waals surface area contributed by atoms with Gasteiger partial charge in [0.15, 0.2) is 0 Å². The molecule has 0 spiro atoms. The van der Waals surface area contributed by atoms with Crippen molar-refractivity contribution in [3.05, 3.63) is 30.3 Å². The van der Waals surface area contributed by atoms with Crippen molar-refractivity contribution in [3.8, 4) is 5.75 Å². The molecule has 2 nitrogen and oxygen atoms in total. The van der Waals surface area contributed by atoms with Gasteiger partial charge in [0.25, 0.3) is 0 Å². The third-order valence-electron chi connectivity index (χ3n) is 2.21. The highest BCUT2D eigenvalue weighted by molar-refractivity contribution is 5.77. The van der Waals surface area contributed by atoms with Gasteiger partial charge in [0.05, 0.1) is 0 Å². The van der Waals surface area contributed by atoms with E-state index in [1.807, 2.05) is 13.0 Å². The van der Waals surface area contributed by atoms with Gasteiger partial charge in [-0.15, -0.1) is 0 Å². The number of aromatic hydroxyl groups is 1. The summed E-state index contributed by atoms with van der Waals surface area (Å²) in [6.07, 6.45) is 5.00. The summed E-state index contributed by atoms with van der Waals surface area (Å²) in [6, 6.07) is 8.71. The molecule has 1 rings (SSSR count). The van der Waals surface area contributed by atoms with E-state index in [1.165, 1.54) is 12.8 Å². The second kappa shape index (κ2) is 10.2. The molecule has 0 heterocycles. The smallest absolute Gasteiger partial charge is 0.132 e. The monoisotopic (exact) mass is 222 g/mol. The third kappa shape index (κ3) is 9.25. The van der Waals surface area contributed by atoms with Crippen molar-refractivity contribution in [3.63, 3.8) is 0 Å². The first-order chi connectivity index (χ1) is 7.70. The zero-order chi connectivity index (χ0) is 12.2. The van der Waals surface area contributed by atoms with Crippen LogP contribution in [0.4, 0.5) is 0 Å². The number of phenols is 1.